The molecule has 0 aromatic heterocycles. The van der Waals surface area contributed by atoms with Gasteiger partial charge in [-0.05, 0) is 93.1 Å². The molecule has 0 amide bonds. The van der Waals surface area contributed by atoms with Crippen LogP contribution in [-0.4, -0.2) is 30.9 Å². The van der Waals surface area contributed by atoms with E-state index >= 15 is 0 Å². The minimum Gasteiger partial charge on any atom is -0.393 e. The van der Waals surface area contributed by atoms with Crippen molar-refractivity contribution in [1.82, 2.24) is 0 Å². The molecule has 0 radical (unpaired) electrons. The lowest BCUT2D eigenvalue weighted by Crippen LogP contribution is -2.35. The minimum atomic E-state index is -3.79. The highest BCUT2D eigenvalue weighted by Gasteiger charge is 2.50. The van der Waals surface area contributed by atoms with Gasteiger partial charge in [-0.3, -0.25) is 0 Å². The second kappa shape index (κ2) is 8.97. The minimum absolute atomic E-state index is 0.123. The molecular weight excluding hydrogens is 411 g/mol. The third-order valence-electron chi connectivity index (χ3n) is 8.28. The van der Waals surface area contributed by atoms with Crippen LogP contribution < -0.4 is 0 Å². The molecule has 3 aliphatic rings. The Morgan fingerprint density at radius 2 is 1.97 bits per heavy atom. The van der Waals surface area contributed by atoms with E-state index in [1.807, 2.05) is 0 Å². The first kappa shape index (κ1) is 24.4. The van der Waals surface area contributed by atoms with E-state index in [0.717, 1.165) is 63.7 Å². The lowest BCUT2D eigenvalue weighted by atomic mass is 9.61. The van der Waals surface area contributed by atoms with Gasteiger partial charge < -0.3 is 5.11 Å². The number of aliphatic hydroxyl groups excluding tert-OH is 1. The van der Waals surface area contributed by atoms with Crippen molar-refractivity contribution >= 4 is 9.84 Å². The van der Waals surface area contributed by atoms with Gasteiger partial charge in [-0.1, -0.05) is 49.8 Å². The van der Waals surface area contributed by atoms with Crippen LogP contribution in [0, 0.1) is 23.2 Å². The number of fused-ring (bicyclic) bond motifs is 1. The van der Waals surface area contributed by atoms with Crippen molar-refractivity contribution in [3.8, 4) is 0 Å². The van der Waals surface area contributed by atoms with Crippen LogP contribution in [0.25, 0.3) is 0 Å². The number of alkyl halides is 1. The number of halogens is 1. The number of allylic oxidation sites excluding steroid dienone is 5. The smallest absolute Gasteiger partial charge is 0.225 e. The van der Waals surface area contributed by atoms with Crippen molar-refractivity contribution in [2.24, 2.45) is 23.2 Å². The molecule has 5 heteroatoms. The molecule has 0 aromatic rings. The second-order valence-corrected chi connectivity index (χ2v) is 12.8. The van der Waals surface area contributed by atoms with Gasteiger partial charge in [0.25, 0.3) is 0 Å². The summed E-state index contributed by atoms with van der Waals surface area (Å²) in [5, 5.41) is 7.68. The Morgan fingerprint density at radius 3 is 2.65 bits per heavy atom. The highest BCUT2D eigenvalue weighted by molar-refractivity contribution is 7.92. The summed E-state index contributed by atoms with van der Waals surface area (Å²) in [5.74, 6) is 1.04. The van der Waals surface area contributed by atoms with E-state index in [4.69, 9.17) is 0 Å². The molecule has 3 aliphatic carbocycles. The first-order chi connectivity index (χ1) is 14.3. The van der Waals surface area contributed by atoms with Crippen molar-refractivity contribution < 1.29 is 17.9 Å². The van der Waals surface area contributed by atoms with Crippen LogP contribution in [0.4, 0.5) is 4.39 Å². The molecular formula is C26H39FO3S. The average molecular weight is 451 g/mol. The summed E-state index contributed by atoms with van der Waals surface area (Å²) < 4.78 is 38.0. The SMILES string of the molecule is C=C1CC[C@H](O)C/C1=C/C=C1\CCC[C@]2(C)C(C(C)/C=C/[C@](C)(F)S(C)(=O)=O)CC[C@@H]12. The Labute approximate surface area is 188 Å². The van der Waals surface area contributed by atoms with Crippen molar-refractivity contribution in [2.45, 2.75) is 83.2 Å². The molecule has 31 heavy (non-hydrogen) atoms. The molecule has 3 saturated carbocycles. The van der Waals surface area contributed by atoms with Crippen LogP contribution in [0.3, 0.4) is 0 Å². The summed E-state index contributed by atoms with van der Waals surface area (Å²) in [7, 11) is -3.79. The number of hydrogen-bond donors (Lipinski definition) is 1. The van der Waals surface area contributed by atoms with Crippen LogP contribution in [-0.2, 0) is 9.84 Å². The zero-order valence-corrected chi connectivity index (χ0v) is 20.3. The van der Waals surface area contributed by atoms with E-state index in [9.17, 15) is 17.9 Å². The largest absolute Gasteiger partial charge is 0.393 e. The quantitative estimate of drug-likeness (QED) is 0.517. The van der Waals surface area contributed by atoms with E-state index in [1.54, 1.807) is 6.08 Å². The van der Waals surface area contributed by atoms with E-state index < -0.39 is 14.8 Å². The molecule has 0 spiro atoms. The summed E-state index contributed by atoms with van der Waals surface area (Å²) in [6.45, 7) is 9.76. The number of aliphatic hydroxyl groups is 1. The molecule has 3 rings (SSSR count). The fraction of sp³-hybridized carbons (Fsp3) is 0.692. The molecule has 0 heterocycles. The fourth-order valence-electron chi connectivity index (χ4n) is 6.12. The van der Waals surface area contributed by atoms with Crippen LogP contribution >= 0.6 is 0 Å². The fourth-order valence-corrected chi connectivity index (χ4v) is 6.45. The van der Waals surface area contributed by atoms with Gasteiger partial charge in [0.05, 0.1) is 6.10 Å². The van der Waals surface area contributed by atoms with E-state index in [2.05, 4.69) is 32.6 Å². The van der Waals surface area contributed by atoms with E-state index in [-0.39, 0.29) is 17.4 Å². The Bertz CT molecular complexity index is 896. The first-order valence-electron chi connectivity index (χ1n) is 11.7. The van der Waals surface area contributed by atoms with E-state index in [1.165, 1.54) is 17.2 Å². The van der Waals surface area contributed by atoms with Crippen molar-refractivity contribution in [3.63, 3.8) is 0 Å². The summed E-state index contributed by atoms with van der Waals surface area (Å²) in [6.07, 6.45) is 16.1. The van der Waals surface area contributed by atoms with Gasteiger partial charge in [0.1, 0.15) is 0 Å². The zero-order chi connectivity index (χ0) is 23.0. The zero-order valence-electron chi connectivity index (χ0n) is 19.5. The number of rotatable bonds is 5. The van der Waals surface area contributed by atoms with E-state index in [0.29, 0.717) is 18.3 Å². The third kappa shape index (κ3) is 5.08. The van der Waals surface area contributed by atoms with Gasteiger partial charge in [0.2, 0.25) is 5.00 Å². The summed E-state index contributed by atoms with van der Waals surface area (Å²) in [5.41, 5.74) is 3.95. The van der Waals surface area contributed by atoms with Crippen LogP contribution in [0.2, 0.25) is 0 Å². The Morgan fingerprint density at radius 1 is 1.26 bits per heavy atom. The predicted octanol–water partition coefficient (Wildman–Crippen LogP) is 6.08. The first-order valence-corrected chi connectivity index (χ1v) is 13.6. The Balaban J connectivity index is 1.78. The molecule has 6 atom stereocenters. The third-order valence-corrected chi connectivity index (χ3v) is 9.87. The summed E-state index contributed by atoms with van der Waals surface area (Å²) >= 11 is 0. The maximum absolute atomic E-state index is 14.6. The summed E-state index contributed by atoms with van der Waals surface area (Å²) in [6, 6.07) is 0. The topological polar surface area (TPSA) is 54.4 Å². The van der Waals surface area contributed by atoms with Crippen LogP contribution in [0.15, 0.2) is 47.6 Å². The molecule has 1 N–H and O–H groups in total. The maximum Gasteiger partial charge on any atom is 0.225 e. The van der Waals surface area contributed by atoms with Crippen molar-refractivity contribution in [3.05, 3.63) is 47.6 Å². The van der Waals surface area contributed by atoms with Crippen molar-refractivity contribution in [2.75, 3.05) is 6.26 Å². The Hall–Kier alpha value is -1.20. The highest BCUT2D eigenvalue weighted by atomic mass is 32.2. The molecule has 174 valence electrons. The number of sulfone groups is 1. The second-order valence-electron chi connectivity index (χ2n) is 10.5. The monoisotopic (exact) mass is 450 g/mol. The predicted molar refractivity (Wildman–Crippen MR) is 126 cm³/mol. The average Bonchev–Trinajstić information content (AvgIpc) is 3.03. The molecule has 3 nitrogen and oxygen atoms in total. The molecule has 3 fully saturated rings. The molecule has 0 bridgehead atoms. The highest BCUT2D eigenvalue weighted by Crippen LogP contribution is 2.59. The van der Waals surface area contributed by atoms with Gasteiger partial charge in [0.15, 0.2) is 9.84 Å². The van der Waals surface area contributed by atoms with Crippen LogP contribution in [0.1, 0.15) is 72.1 Å². The maximum atomic E-state index is 14.6. The molecule has 0 aliphatic heterocycles. The Kier molecular flexibility index (Phi) is 7.08. The van der Waals surface area contributed by atoms with Gasteiger partial charge in [0, 0.05) is 6.26 Å². The molecule has 0 aromatic carbocycles. The lowest BCUT2D eigenvalue weighted by molar-refractivity contribution is 0.112. The molecule has 2 unspecified atom stereocenters. The van der Waals surface area contributed by atoms with Gasteiger partial charge in [-0.15, -0.1) is 0 Å². The molecule has 0 saturated heterocycles. The standard InChI is InChI=1S/C26H39FO3S/c1-18-8-11-22(28)17-21(18)10-9-20-7-6-15-25(3)23(12-13-24(20)25)19(2)14-16-26(4,27)31(5,29)30/h9-10,14,16,19,22-24,28H,1,6-8,11-13,15,17H2,2-5H3/b16-14+,20-9+,21-10-/t19?,22-,23?,24-,25+,26+/m0/s1. The van der Waals surface area contributed by atoms with Gasteiger partial charge in [-0.2, -0.15) is 0 Å². The van der Waals surface area contributed by atoms with Gasteiger partial charge in [-0.25, -0.2) is 12.8 Å². The van der Waals surface area contributed by atoms with Crippen LogP contribution in [0.5, 0.6) is 0 Å². The number of hydrogen-bond acceptors (Lipinski definition) is 3. The van der Waals surface area contributed by atoms with Gasteiger partial charge >= 0.3 is 0 Å². The summed E-state index contributed by atoms with van der Waals surface area (Å²) in [4.78, 5) is 0. The lowest BCUT2D eigenvalue weighted by Gasteiger charge is -2.44. The van der Waals surface area contributed by atoms with Crippen molar-refractivity contribution in [1.29, 1.82) is 0 Å². The normalized spacial score (nSPS) is 37.9.